The third kappa shape index (κ3) is 9.23. The lowest BCUT2D eigenvalue weighted by Gasteiger charge is -2.28. The second-order valence-electron chi connectivity index (χ2n) is 21.6. The highest BCUT2D eigenvalue weighted by Gasteiger charge is 2.39. The first kappa shape index (κ1) is 49.3. The molecule has 0 aliphatic heterocycles. The highest BCUT2D eigenvalue weighted by atomic mass is 32.1. The molecule has 76 heavy (non-hydrogen) atoms. The zero-order valence-corrected chi connectivity index (χ0v) is 47.4. The first-order chi connectivity index (χ1) is 37.4. The quantitative estimate of drug-likeness (QED) is 0.0735. The van der Waals surface area contributed by atoms with Gasteiger partial charge in [-0.1, -0.05) is 164 Å². The molecule has 0 fully saturated rings. The van der Waals surface area contributed by atoms with E-state index in [4.69, 9.17) is 0 Å². The van der Waals surface area contributed by atoms with E-state index in [1.807, 2.05) is 45.3 Å². The number of rotatable bonds is 20. The fourth-order valence-electron chi connectivity index (χ4n) is 12.5. The van der Waals surface area contributed by atoms with Gasteiger partial charge in [-0.15, -0.1) is 45.3 Å². The van der Waals surface area contributed by atoms with Gasteiger partial charge in [-0.3, -0.25) is 0 Å². The molecule has 0 amide bonds. The molecule has 6 aromatic heterocycles. The van der Waals surface area contributed by atoms with Gasteiger partial charge in [0.2, 0.25) is 0 Å². The SMILES string of the molecule is CCCCCCCCn1c2ccccc2c2cc(-c3ccc(-c4ccc(-c5ccc6c(c5)C(C)(CCCCCCCC)c5cc(-c7ccc(-c8ccc(-c9ccc%10[nH]c%11ccccc%11c%10c9)s8)s7)ccc5-6)s4)s3)ccc21. The number of aromatic nitrogens is 2. The minimum absolute atomic E-state index is 0.0690. The molecule has 6 heteroatoms. The van der Waals surface area contributed by atoms with Crippen molar-refractivity contribution >= 4 is 89.0 Å². The van der Waals surface area contributed by atoms with Crippen LogP contribution >= 0.6 is 45.3 Å². The molecule has 0 saturated carbocycles. The maximum Gasteiger partial charge on any atom is 0.0491 e. The van der Waals surface area contributed by atoms with Crippen molar-refractivity contribution in [2.75, 3.05) is 0 Å². The van der Waals surface area contributed by atoms with E-state index in [-0.39, 0.29) is 5.41 Å². The number of benzene rings is 6. The third-order valence-corrected chi connectivity index (χ3v) is 21.5. The van der Waals surface area contributed by atoms with Crippen LogP contribution in [0.3, 0.4) is 0 Å². The van der Waals surface area contributed by atoms with Crippen LogP contribution in [-0.4, -0.2) is 9.55 Å². The molecule has 6 aromatic carbocycles. The normalized spacial score (nSPS) is 14.2. The zero-order valence-electron chi connectivity index (χ0n) is 44.1. The van der Waals surface area contributed by atoms with Crippen LogP contribution in [0.4, 0.5) is 0 Å². The summed E-state index contributed by atoms with van der Waals surface area (Å²) in [6.45, 7) is 8.24. The minimum atomic E-state index is -0.0690. The summed E-state index contributed by atoms with van der Waals surface area (Å²) in [7, 11) is 0. The Labute approximate surface area is 464 Å². The maximum absolute atomic E-state index is 3.59. The molecule has 0 saturated heterocycles. The molecule has 0 radical (unpaired) electrons. The predicted octanol–water partition coefficient (Wildman–Crippen LogP) is 23.1. The van der Waals surface area contributed by atoms with Crippen LogP contribution < -0.4 is 0 Å². The van der Waals surface area contributed by atoms with Gasteiger partial charge < -0.3 is 9.55 Å². The van der Waals surface area contributed by atoms with Gasteiger partial charge in [0.05, 0.1) is 0 Å². The van der Waals surface area contributed by atoms with Crippen LogP contribution in [0.25, 0.3) is 116 Å². The summed E-state index contributed by atoms with van der Waals surface area (Å²) in [6.07, 6.45) is 16.9. The van der Waals surface area contributed by atoms with Crippen molar-refractivity contribution in [1.29, 1.82) is 0 Å². The standard InChI is InChI=1S/C70H66N2S4/c1-4-6-8-10-12-18-40-70(3)56-44-48(64-34-38-68(75-64)66-36-32-62(73-66)46-26-30-59-54(42-46)52-20-14-16-22-58(52)71-59)24-28-50(56)51-29-25-49(45-57(51)70)65-35-39-69(76-65)67-37-33-63(74-67)47-27-31-61-55(43-47)53-21-15-17-23-60(53)72(61)41-19-13-11-9-7-5-2/h14-17,20-39,42-45,71H,4-13,18-19,40-41H2,1-3H3. The number of fused-ring (bicyclic) bond motifs is 9. The van der Waals surface area contributed by atoms with E-state index in [1.165, 1.54) is 204 Å². The molecule has 1 aliphatic carbocycles. The summed E-state index contributed by atoms with van der Waals surface area (Å²) in [5.41, 5.74) is 16.1. The van der Waals surface area contributed by atoms with E-state index >= 15 is 0 Å². The number of nitrogens with zero attached hydrogens (tertiary/aromatic N) is 1. The number of nitrogens with one attached hydrogen (secondary N) is 1. The molecule has 12 aromatic rings. The Balaban J connectivity index is 0.757. The molecule has 0 bridgehead atoms. The van der Waals surface area contributed by atoms with Crippen LogP contribution in [0, 0.1) is 0 Å². The van der Waals surface area contributed by atoms with Gasteiger partial charge in [0, 0.05) is 94.6 Å². The molecule has 1 atom stereocenters. The van der Waals surface area contributed by atoms with Gasteiger partial charge in [0.15, 0.2) is 0 Å². The van der Waals surface area contributed by atoms with Crippen molar-refractivity contribution in [3.8, 4) is 72.4 Å². The molecule has 1 aliphatic rings. The second-order valence-corrected chi connectivity index (χ2v) is 26.0. The van der Waals surface area contributed by atoms with Crippen LogP contribution in [0.5, 0.6) is 0 Å². The average Bonchev–Trinajstić information content (AvgIpc) is 4.37. The van der Waals surface area contributed by atoms with Crippen LogP contribution in [0.2, 0.25) is 0 Å². The molecule has 1 unspecified atom stereocenters. The van der Waals surface area contributed by atoms with Crippen molar-refractivity contribution in [2.45, 2.75) is 116 Å². The van der Waals surface area contributed by atoms with Gasteiger partial charge >= 0.3 is 0 Å². The number of thiophene rings is 4. The van der Waals surface area contributed by atoms with E-state index in [0.717, 1.165) is 13.0 Å². The number of H-pyrrole nitrogens is 1. The number of aryl methyl sites for hydroxylation is 1. The minimum Gasteiger partial charge on any atom is -0.355 e. The number of aromatic amines is 1. The molecular formula is C70H66N2S4. The predicted molar refractivity (Wildman–Crippen MR) is 336 cm³/mol. The zero-order chi connectivity index (χ0) is 51.2. The molecular weight excluding hydrogens is 997 g/mol. The molecule has 13 rings (SSSR count). The Morgan fingerprint density at radius 1 is 0.368 bits per heavy atom. The maximum atomic E-state index is 3.59. The second kappa shape index (κ2) is 21.3. The van der Waals surface area contributed by atoms with E-state index in [0.29, 0.717) is 0 Å². The highest BCUT2D eigenvalue weighted by molar-refractivity contribution is 7.25. The summed E-state index contributed by atoms with van der Waals surface area (Å²) in [6, 6.07) is 65.1. The smallest absolute Gasteiger partial charge is 0.0491 e. The van der Waals surface area contributed by atoms with Crippen LogP contribution in [0.15, 0.2) is 170 Å². The van der Waals surface area contributed by atoms with Gasteiger partial charge in [-0.05, 0) is 154 Å². The van der Waals surface area contributed by atoms with Gasteiger partial charge in [0.25, 0.3) is 0 Å². The fourth-order valence-corrected chi connectivity index (χ4v) is 16.6. The Bertz CT molecular complexity index is 4030. The van der Waals surface area contributed by atoms with E-state index in [1.54, 1.807) is 0 Å². The number of hydrogen-bond donors (Lipinski definition) is 1. The number of hydrogen-bond acceptors (Lipinski definition) is 4. The number of para-hydroxylation sites is 2. The molecule has 0 spiro atoms. The fraction of sp³-hybridized carbons (Fsp3) is 0.257. The lowest BCUT2D eigenvalue weighted by Crippen LogP contribution is -2.20. The van der Waals surface area contributed by atoms with Crippen LogP contribution in [-0.2, 0) is 12.0 Å². The lowest BCUT2D eigenvalue weighted by molar-refractivity contribution is 0.481. The summed E-state index contributed by atoms with van der Waals surface area (Å²) < 4.78 is 2.57. The van der Waals surface area contributed by atoms with Gasteiger partial charge in [-0.2, -0.15) is 0 Å². The summed E-state index contributed by atoms with van der Waals surface area (Å²) in [5, 5.41) is 5.30. The van der Waals surface area contributed by atoms with Crippen molar-refractivity contribution in [2.24, 2.45) is 0 Å². The van der Waals surface area contributed by atoms with Crippen molar-refractivity contribution in [3.05, 3.63) is 181 Å². The monoisotopic (exact) mass is 1060 g/mol. The van der Waals surface area contributed by atoms with Gasteiger partial charge in [-0.25, -0.2) is 0 Å². The molecule has 1 N–H and O–H groups in total. The first-order valence-electron chi connectivity index (χ1n) is 28.2. The molecule has 2 nitrogen and oxygen atoms in total. The summed E-state index contributed by atoms with van der Waals surface area (Å²) in [4.78, 5) is 14.2. The topological polar surface area (TPSA) is 20.7 Å². The summed E-state index contributed by atoms with van der Waals surface area (Å²) in [5.74, 6) is 0. The van der Waals surface area contributed by atoms with Crippen molar-refractivity contribution in [3.63, 3.8) is 0 Å². The third-order valence-electron chi connectivity index (χ3n) is 16.6. The van der Waals surface area contributed by atoms with Crippen molar-refractivity contribution < 1.29 is 0 Å². The van der Waals surface area contributed by atoms with E-state index in [2.05, 4.69) is 200 Å². The van der Waals surface area contributed by atoms with Crippen molar-refractivity contribution in [1.82, 2.24) is 9.55 Å². The van der Waals surface area contributed by atoms with E-state index in [9.17, 15) is 0 Å². The Morgan fingerprint density at radius 3 is 1.39 bits per heavy atom. The van der Waals surface area contributed by atoms with E-state index < -0.39 is 0 Å². The Hall–Kier alpha value is -6.28. The van der Waals surface area contributed by atoms with Gasteiger partial charge in [0.1, 0.15) is 0 Å². The first-order valence-corrected chi connectivity index (χ1v) is 31.4. The molecule has 6 heterocycles. The average molecular weight is 1060 g/mol. The largest absolute Gasteiger partial charge is 0.355 e. The number of unbranched alkanes of at least 4 members (excludes halogenated alkanes) is 10. The molecule has 380 valence electrons. The Morgan fingerprint density at radius 2 is 0.803 bits per heavy atom. The Kier molecular flexibility index (Phi) is 13.8. The van der Waals surface area contributed by atoms with Crippen LogP contribution in [0.1, 0.15) is 115 Å². The highest BCUT2D eigenvalue weighted by Crippen LogP contribution is 2.54. The summed E-state index contributed by atoms with van der Waals surface area (Å²) >= 11 is 7.68. The lowest BCUT2D eigenvalue weighted by atomic mass is 9.75.